The summed E-state index contributed by atoms with van der Waals surface area (Å²) in [6.45, 7) is 4.11. The van der Waals surface area contributed by atoms with Crippen molar-refractivity contribution in [3.63, 3.8) is 0 Å². The van der Waals surface area contributed by atoms with Crippen molar-refractivity contribution in [3.8, 4) is 11.3 Å². The van der Waals surface area contributed by atoms with Crippen LogP contribution in [-0.4, -0.2) is 27.9 Å². The van der Waals surface area contributed by atoms with Gasteiger partial charge in [0.1, 0.15) is 16.5 Å². The lowest BCUT2D eigenvalue weighted by molar-refractivity contribution is -0.119. The third-order valence-corrected chi connectivity index (χ3v) is 5.22. The van der Waals surface area contributed by atoms with Gasteiger partial charge in [-0.25, -0.2) is 4.39 Å². The summed E-state index contributed by atoms with van der Waals surface area (Å²) in [7, 11) is 0. The number of hydrogen-bond donors (Lipinski definition) is 1. The van der Waals surface area contributed by atoms with Gasteiger partial charge in [0.25, 0.3) is 0 Å². The molecular weight excluding hydrogens is 361 g/mol. The molecule has 0 fully saturated rings. The second-order valence-electron chi connectivity index (χ2n) is 6.45. The highest BCUT2D eigenvalue weighted by atomic mass is 32.2. The van der Waals surface area contributed by atoms with Crippen LogP contribution in [0.1, 0.15) is 26.7 Å². The maximum atomic E-state index is 13.2. The van der Waals surface area contributed by atoms with Gasteiger partial charge < -0.3 is 5.32 Å². The molecule has 1 atom stereocenters. The molecule has 1 aromatic heterocycles. The summed E-state index contributed by atoms with van der Waals surface area (Å²) in [6, 6.07) is 14.2. The van der Waals surface area contributed by atoms with Crippen LogP contribution in [0.5, 0.6) is 0 Å². The minimum absolute atomic E-state index is 0.00515. The number of halogens is 1. The van der Waals surface area contributed by atoms with Crippen molar-refractivity contribution in [2.24, 2.45) is 0 Å². The second-order valence-corrected chi connectivity index (χ2v) is 7.42. The van der Waals surface area contributed by atoms with Gasteiger partial charge in [0.2, 0.25) is 5.91 Å². The standard InChI is InChI=1S/C21H22FN3OS/c1-3-6-14(2)23-19(26)13-27-21-18-8-5-4-7-17(18)20(24-25-21)15-9-11-16(22)12-10-15/h4-5,7-12,14H,3,6,13H2,1-2H3,(H,23,26). The van der Waals surface area contributed by atoms with E-state index in [-0.39, 0.29) is 17.8 Å². The van der Waals surface area contributed by atoms with Crippen LogP contribution in [0.2, 0.25) is 0 Å². The van der Waals surface area contributed by atoms with Gasteiger partial charge in [-0.05, 0) is 37.6 Å². The van der Waals surface area contributed by atoms with Crippen molar-refractivity contribution >= 4 is 28.4 Å². The third-order valence-electron chi connectivity index (χ3n) is 4.24. The number of fused-ring (bicyclic) bond motifs is 1. The fraction of sp³-hybridized carbons (Fsp3) is 0.286. The van der Waals surface area contributed by atoms with Crippen LogP contribution in [0.25, 0.3) is 22.0 Å². The van der Waals surface area contributed by atoms with E-state index in [2.05, 4.69) is 22.4 Å². The SMILES string of the molecule is CCCC(C)NC(=O)CSc1nnc(-c2ccc(F)cc2)c2ccccc12. The van der Waals surface area contributed by atoms with E-state index >= 15 is 0 Å². The number of amides is 1. The van der Waals surface area contributed by atoms with Crippen LogP contribution in [-0.2, 0) is 4.79 Å². The Morgan fingerprint density at radius 1 is 1.11 bits per heavy atom. The Balaban J connectivity index is 1.83. The number of nitrogens with zero attached hydrogens (tertiary/aromatic N) is 2. The minimum Gasteiger partial charge on any atom is -0.353 e. The van der Waals surface area contributed by atoms with Crippen molar-refractivity contribution in [2.75, 3.05) is 5.75 Å². The molecule has 0 aliphatic rings. The number of aromatic nitrogens is 2. The van der Waals surface area contributed by atoms with Crippen molar-refractivity contribution < 1.29 is 9.18 Å². The predicted molar refractivity (Wildman–Crippen MR) is 108 cm³/mol. The number of nitrogens with one attached hydrogen (secondary N) is 1. The summed E-state index contributed by atoms with van der Waals surface area (Å²) in [5.74, 6) is 0.00348. The molecule has 2 aromatic carbocycles. The van der Waals surface area contributed by atoms with Crippen molar-refractivity contribution in [2.45, 2.75) is 37.8 Å². The van der Waals surface area contributed by atoms with Crippen LogP contribution < -0.4 is 5.32 Å². The number of hydrogen-bond acceptors (Lipinski definition) is 4. The van der Waals surface area contributed by atoms with Crippen LogP contribution >= 0.6 is 11.8 Å². The van der Waals surface area contributed by atoms with E-state index in [0.717, 1.165) is 34.2 Å². The highest BCUT2D eigenvalue weighted by Gasteiger charge is 2.13. The smallest absolute Gasteiger partial charge is 0.230 e. The number of carbonyl (C=O) groups excluding carboxylic acids is 1. The molecule has 0 aliphatic heterocycles. The molecule has 3 aromatic rings. The minimum atomic E-state index is -0.286. The molecule has 0 aliphatic carbocycles. The van der Waals surface area contributed by atoms with E-state index in [1.54, 1.807) is 12.1 Å². The monoisotopic (exact) mass is 383 g/mol. The van der Waals surface area contributed by atoms with Crippen LogP contribution in [0.3, 0.4) is 0 Å². The first-order valence-electron chi connectivity index (χ1n) is 9.02. The second kappa shape index (κ2) is 8.95. The van der Waals surface area contributed by atoms with E-state index in [1.807, 2.05) is 31.2 Å². The normalized spacial score (nSPS) is 12.1. The molecule has 27 heavy (non-hydrogen) atoms. The first-order chi connectivity index (χ1) is 13.1. The van der Waals surface area contributed by atoms with Gasteiger partial charge in [0, 0.05) is 22.4 Å². The number of carbonyl (C=O) groups is 1. The van der Waals surface area contributed by atoms with E-state index in [4.69, 9.17) is 0 Å². The molecule has 0 radical (unpaired) electrons. The highest BCUT2D eigenvalue weighted by molar-refractivity contribution is 8.00. The molecule has 1 N–H and O–H groups in total. The van der Waals surface area contributed by atoms with Crippen molar-refractivity contribution in [1.29, 1.82) is 0 Å². The molecule has 1 unspecified atom stereocenters. The van der Waals surface area contributed by atoms with Crippen LogP contribution in [0.4, 0.5) is 4.39 Å². The van der Waals surface area contributed by atoms with E-state index in [1.165, 1.54) is 23.9 Å². The van der Waals surface area contributed by atoms with Gasteiger partial charge >= 0.3 is 0 Å². The van der Waals surface area contributed by atoms with E-state index in [0.29, 0.717) is 11.4 Å². The first kappa shape index (κ1) is 19.3. The zero-order valence-corrected chi connectivity index (χ0v) is 16.2. The third kappa shape index (κ3) is 4.83. The summed E-state index contributed by atoms with van der Waals surface area (Å²) in [6.07, 6.45) is 2.00. The van der Waals surface area contributed by atoms with Crippen LogP contribution in [0.15, 0.2) is 53.6 Å². The van der Waals surface area contributed by atoms with Gasteiger partial charge in [0.15, 0.2) is 0 Å². The summed E-state index contributed by atoms with van der Waals surface area (Å²) in [4.78, 5) is 12.1. The lowest BCUT2D eigenvalue weighted by atomic mass is 10.1. The first-order valence-corrected chi connectivity index (χ1v) is 10.0. The molecule has 1 heterocycles. The quantitative estimate of drug-likeness (QED) is 0.594. The number of thioether (sulfide) groups is 1. The molecule has 0 saturated carbocycles. The summed E-state index contributed by atoms with van der Waals surface area (Å²) in [5, 5.41) is 14.3. The largest absolute Gasteiger partial charge is 0.353 e. The molecule has 0 bridgehead atoms. The Kier molecular flexibility index (Phi) is 6.40. The van der Waals surface area contributed by atoms with Crippen LogP contribution in [0, 0.1) is 5.82 Å². The summed E-state index contributed by atoms with van der Waals surface area (Å²) >= 11 is 1.38. The van der Waals surface area contributed by atoms with E-state index < -0.39 is 0 Å². The lowest BCUT2D eigenvalue weighted by Crippen LogP contribution is -2.33. The summed E-state index contributed by atoms with van der Waals surface area (Å²) in [5.41, 5.74) is 1.51. The van der Waals surface area contributed by atoms with Gasteiger partial charge in [-0.1, -0.05) is 49.4 Å². The molecule has 0 saturated heterocycles. The highest BCUT2D eigenvalue weighted by Crippen LogP contribution is 2.31. The zero-order valence-electron chi connectivity index (χ0n) is 15.4. The lowest BCUT2D eigenvalue weighted by Gasteiger charge is -2.13. The Labute approximate surface area is 162 Å². The van der Waals surface area contributed by atoms with Gasteiger partial charge in [-0.2, -0.15) is 0 Å². The maximum absolute atomic E-state index is 13.2. The van der Waals surface area contributed by atoms with Gasteiger partial charge in [-0.15, -0.1) is 10.2 Å². The topological polar surface area (TPSA) is 54.9 Å². The fourth-order valence-corrected chi connectivity index (χ4v) is 3.75. The number of benzene rings is 2. The summed E-state index contributed by atoms with van der Waals surface area (Å²) < 4.78 is 13.2. The molecule has 0 spiro atoms. The maximum Gasteiger partial charge on any atom is 0.230 e. The molecule has 6 heteroatoms. The van der Waals surface area contributed by atoms with Crippen molar-refractivity contribution in [3.05, 3.63) is 54.3 Å². The molecule has 4 nitrogen and oxygen atoms in total. The van der Waals surface area contributed by atoms with Crippen molar-refractivity contribution in [1.82, 2.24) is 15.5 Å². The zero-order chi connectivity index (χ0) is 19.2. The average Bonchev–Trinajstić information content (AvgIpc) is 2.67. The Morgan fingerprint density at radius 3 is 2.52 bits per heavy atom. The molecule has 140 valence electrons. The molecule has 1 amide bonds. The molecular formula is C21H22FN3OS. The Hall–Kier alpha value is -2.47. The van der Waals surface area contributed by atoms with Gasteiger partial charge in [-0.3, -0.25) is 4.79 Å². The van der Waals surface area contributed by atoms with E-state index in [9.17, 15) is 9.18 Å². The Bertz CT molecular complexity index is 930. The molecule has 3 rings (SSSR count). The average molecular weight is 383 g/mol. The fourth-order valence-electron chi connectivity index (χ4n) is 2.96. The number of rotatable bonds is 7. The Morgan fingerprint density at radius 2 is 1.81 bits per heavy atom. The predicted octanol–water partition coefficient (Wildman–Crippen LogP) is 4.83. The van der Waals surface area contributed by atoms with Gasteiger partial charge in [0.05, 0.1) is 5.75 Å².